The van der Waals surface area contributed by atoms with Crippen LogP contribution in [0.2, 0.25) is 0 Å². The summed E-state index contributed by atoms with van der Waals surface area (Å²) in [5, 5.41) is 11.3. The van der Waals surface area contributed by atoms with E-state index in [0.717, 1.165) is 93.7 Å². The second-order valence-electron chi connectivity index (χ2n) is 17.1. The first-order valence-electron chi connectivity index (χ1n) is 21.0. The van der Waals surface area contributed by atoms with Gasteiger partial charge in [-0.2, -0.15) is 18.4 Å². The highest BCUT2D eigenvalue weighted by Crippen LogP contribution is 2.43. The first-order chi connectivity index (χ1) is 29.3. The molecule has 61 heavy (non-hydrogen) atoms. The number of imide groups is 2. The van der Waals surface area contributed by atoms with E-state index in [-0.39, 0.29) is 35.3 Å². The third-order valence-electron chi connectivity index (χ3n) is 13.8. The highest BCUT2D eigenvalue weighted by Gasteiger charge is 2.46. The number of likely N-dealkylation sites (tertiary alicyclic amines) is 1. The largest absolute Gasteiger partial charge is 0.419 e. The molecule has 14 nitrogen and oxygen atoms in total. The topological polar surface area (TPSA) is 154 Å². The lowest BCUT2D eigenvalue weighted by Crippen LogP contribution is -2.54. The lowest BCUT2D eigenvalue weighted by molar-refractivity contribution is -0.138. The van der Waals surface area contributed by atoms with Crippen LogP contribution in [-0.4, -0.2) is 127 Å². The van der Waals surface area contributed by atoms with Crippen LogP contribution in [0.1, 0.15) is 87.3 Å². The second kappa shape index (κ2) is 15.8. The van der Waals surface area contributed by atoms with Gasteiger partial charge in [-0.25, -0.2) is 4.98 Å². The molecule has 1 aromatic heterocycles. The fraction of sp³-hybridized carbons (Fsp3) is 0.477. The van der Waals surface area contributed by atoms with Crippen LogP contribution in [-0.2, 0) is 15.8 Å². The number of benzene rings is 2. The number of carbonyl (C=O) groups is 5. The molecule has 3 aromatic rings. The van der Waals surface area contributed by atoms with E-state index in [4.69, 9.17) is 5.26 Å². The van der Waals surface area contributed by atoms with E-state index in [1.165, 1.54) is 12.3 Å². The molecule has 318 valence electrons. The quantitative estimate of drug-likeness (QED) is 0.354. The number of hydrogen-bond donors (Lipinski definition) is 1. The van der Waals surface area contributed by atoms with Gasteiger partial charge >= 0.3 is 6.18 Å². The van der Waals surface area contributed by atoms with Gasteiger partial charge in [0.15, 0.2) is 5.69 Å². The Bertz CT molecular complexity index is 2310. The Hall–Kier alpha value is -6.02. The smallest absolute Gasteiger partial charge is 0.371 e. The van der Waals surface area contributed by atoms with Crippen molar-refractivity contribution in [1.29, 1.82) is 5.26 Å². The third kappa shape index (κ3) is 7.66. The van der Waals surface area contributed by atoms with Gasteiger partial charge in [0.2, 0.25) is 11.8 Å². The van der Waals surface area contributed by atoms with Crippen molar-refractivity contribution in [3.8, 4) is 6.07 Å². The van der Waals surface area contributed by atoms with Crippen LogP contribution < -0.4 is 20.0 Å². The monoisotopic (exact) mass is 837 g/mol. The van der Waals surface area contributed by atoms with Gasteiger partial charge in [-0.15, -0.1) is 0 Å². The standard InChI is InChI=1S/C44H46F3N9O5/c45-44(46,47)35-24-32(26-49-36(35)25-48)52-16-11-43(12-17-52)13-18-55(27-43)40(59)28-1-3-29(4-2-28)53-19-21-54(22-20-53)30-9-14-51(15-10-30)31-5-6-33-34(23-31)42(61)56(41(33)60)37-7-8-38(57)50-39(37)58/h1-6,23-24,26,30,37H,7-22,27H2,(H,50,57,58). The van der Waals surface area contributed by atoms with Gasteiger partial charge in [-0.05, 0) is 92.5 Å². The summed E-state index contributed by atoms with van der Waals surface area (Å²) in [6.45, 7) is 7.50. The Balaban J connectivity index is 0.735. The van der Waals surface area contributed by atoms with Crippen LogP contribution in [0.25, 0.3) is 0 Å². The van der Waals surface area contributed by atoms with Crippen LogP contribution in [0.15, 0.2) is 54.7 Å². The van der Waals surface area contributed by atoms with E-state index in [1.54, 1.807) is 12.1 Å². The number of rotatable bonds is 6. The van der Waals surface area contributed by atoms with Gasteiger partial charge in [-0.1, -0.05) is 0 Å². The fourth-order valence-electron chi connectivity index (χ4n) is 10.2. The van der Waals surface area contributed by atoms with Crippen molar-refractivity contribution in [2.45, 2.75) is 63.2 Å². The maximum atomic E-state index is 13.6. The van der Waals surface area contributed by atoms with Gasteiger partial charge in [-0.3, -0.25) is 39.1 Å². The van der Waals surface area contributed by atoms with Crippen molar-refractivity contribution in [3.05, 3.63) is 82.7 Å². The molecule has 1 unspecified atom stereocenters. The molecule has 1 N–H and O–H groups in total. The maximum absolute atomic E-state index is 13.6. The summed E-state index contributed by atoms with van der Waals surface area (Å²) in [6.07, 6.45) is 1.12. The molecule has 0 bridgehead atoms. The van der Waals surface area contributed by atoms with Crippen LogP contribution in [0.3, 0.4) is 0 Å². The van der Waals surface area contributed by atoms with E-state index in [2.05, 4.69) is 25.0 Å². The second-order valence-corrected chi connectivity index (χ2v) is 17.1. The number of fused-ring (bicyclic) bond motifs is 1. The molecule has 6 aliphatic rings. The van der Waals surface area contributed by atoms with Crippen LogP contribution in [0.4, 0.5) is 30.2 Å². The Morgan fingerprint density at radius 2 is 1.39 bits per heavy atom. The molecule has 5 saturated heterocycles. The normalized spacial score (nSPS) is 22.5. The van der Waals surface area contributed by atoms with Gasteiger partial charge < -0.3 is 19.6 Å². The zero-order chi connectivity index (χ0) is 42.6. The number of pyridine rings is 1. The summed E-state index contributed by atoms with van der Waals surface area (Å²) in [7, 11) is 0. The number of carbonyl (C=O) groups excluding carboxylic acids is 5. The van der Waals surface area contributed by atoms with Gasteiger partial charge in [0.1, 0.15) is 12.1 Å². The minimum Gasteiger partial charge on any atom is -0.371 e. The Labute approximate surface area is 350 Å². The van der Waals surface area contributed by atoms with Gasteiger partial charge in [0, 0.05) is 94.8 Å². The number of halogens is 3. The van der Waals surface area contributed by atoms with E-state index in [1.807, 2.05) is 40.1 Å². The molecule has 5 amide bonds. The minimum absolute atomic E-state index is 0.0118. The first kappa shape index (κ1) is 40.4. The maximum Gasteiger partial charge on any atom is 0.419 e. The number of piperidine rings is 3. The summed E-state index contributed by atoms with van der Waals surface area (Å²) in [5.74, 6) is -2.05. The average Bonchev–Trinajstić information content (AvgIpc) is 3.80. The Morgan fingerprint density at radius 1 is 0.754 bits per heavy atom. The van der Waals surface area contributed by atoms with Crippen LogP contribution >= 0.6 is 0 Å². The Kier molecular flexibility index (Phi) is 10.5. The number of amides is 5. The molecule has 1 atom stereocenters. The number of anilines is 3. The predicted molar refractivity (Wildman–Crippen MR) is 217 cm³/mol. The van der Waals surface area contributed by atoms with E-state index in [0.29, 0.717) is 43.5 Å². The minimum atomic E-state index is -4.66. The van der Waals surface area contributed by atoms with E-state index >= 15 is 0 Å². The molecule has 9 rings (SSSR count). The molecule has 6 aliphatic heterocycles. The number of hydrogen-bond acceptors (Lipinski definition) is 11. The highest BCUT2D eigenvalue weighted by molar-refractivity contribution is 6.23. The van der Waals surface area contributed by atoms with Gasteiger partial charge in [0.05, 0.1) is 28.6 Å². The lowest BCUT2D eigenvalue weighted by Gasteiger charge is -2.44. The number of piperazine rings is 1. The molecule has 7 heterocycles. The zero-order valence-corrected chi connectivity index (χ0v) is 33.6. The number of nitrogens with zero attached hydrogens (tertiary/aromatic N) is 8. The molecule has 0 aliphatic carbocycles. The van der Waals surface area contributed by atoms with Crippen LogP contribution in [0.5, 0.6) is 0 Å². The first-order valence-corrected chi connectivity index (χ1v) is 21.0. The summed E-state index contributed by atoms with van der Waals surface area (Å²) >= 11 is 0. The summed E-state index contributed by atoms with van der Waals surface area (Å²) in [6, 6.07) is 15.1. The number of nitriles is 1. The molecule has 0 radical (unpaired) electrons. The molecule has 2 aromatic carbocycles. The highest BCUT2D eigenvalue weighted by atomic mass is 19.4. The predicted octanol–water partition coefficient (Wildman–Crippen LogP) is 4.30. The van der Waals surface area contributed by atoms with Crippen molar-refractivity contribution in [3.63, 3.8) is 0 Å². The molecule has 17 heteroatoms. The molecule has 5 fully saturated rings. The van der Waals surface area contributed by atoms with Crippen molar-refractivity contribution in [2.24, 2.45) is 5.41 Å². The van der Waals surface area contributed by atoms with Gasteiger partial charge in [0.25, 0.3) is 17.7 Å². The number of aromatic nitrogens is 1. The molecule has 1 spiro atoms. The third-order valence-corrected chi connectivity index (χ3v) is 13.8. The summed E-state index contributed by atoms with van der Waals surface area (Å²) in [5.41, 5.74) is 1.77. The SMILES string of the molecule is N#Cc1ncc(N2CCC3(CCN(C(=O)c4ccc(N5CCN(C6CCN(c7ccc8c(c7)C(=O)N(C7CCC(=O)NC7=O)C8=O)CC6)CC5)cc4)C3)CC2)cc1C(F)(F)F. The summed E-state index contributed by atoms with van der Waals surface area (Å²) in [4.78, 5) is 79.9. The average molecular weight is 838 g/mol. The van der Waals surface area contributed by atoms with Crippen LogP contribution in [0, 0.1) is 16.7 Å². The van der Waals surface area contributed by atoms with Crippen molar-refractivity contribution in [1.82, 2.24) is 25.0 Å². The van der Waals surface area contributed by atoms with E-state index in [9.17, 15) is 37.1 Å². The fourth-order valence-corrected chi connectivity index (χ4v) is 10.2. The molecule has 0 saturated carbocycles. The van der Waals surface area contributed by atoms with E-state index < -0.39 is 47.1 Å². The number of alkyl halides is 3. The Morgan fingerprint density at radius 3 is 2.07 bits per heavy atom. The zero-order valence-electron chi connectivity index (χ0n) is 33.6. The van der Waals surface area contributed by atoms with Crippen molar-refractivity contribution < 1.29 is 37.1 Å². The molecular formula is C44H46F3N9O5. The number of nitrogens with one attached hydrogen (secondary N) is 1. The lowest BCUT2D eigenvalue weighted by atomic mass is 9.77. The van der Waals surface area contributed by atoms with Crippen molar-refractivity contribution >= 4 is 46.6 Å². The molecular weight excluding hydrogens is 792 g/mol. The summed E-state index contributed by atoms with van der Waals surface area (Å²) < 4.78 is 40.6. The van der Waals surface area contributed by atoms with Crippen molar-refractivity contribution in [2.75, 3.05) is 80.1 Å².